The van der Waals surface area contributed by atoms with Gasteiger partial charge in [0, 0.05) is 6.42 Å². The molecule has 17 heavy (non-hydrogen) atoms. The van der Waals surface area contributed by atoms with E-state index < -0.39 is 0 Å². The summed E-state index contributed by atoms with van der Waals surface area (Å²) in [5, 5.41) is 0. The Kier molecular flexibility index (Phi) is 10.3. The lowest BCUT2D eigenvalue weighted by Crippen LogP contribution is -2.04. The molecule has 0 aromatic carbocycles. The van der Waals surface area contributed by atoms with E-state index in [4.69, 9.17) is 0 Å². The Morgan fingerprint density at radius 1 is 1.00 bits per heavy atom. The molecule has 0 saturated heterocycles. The maximum atomic E-state index is 11.0. The molecule has 0 aliphatic carbocycles. The molecule has 0 spiro atoms. The number of ether oxygens (including phenoxy) is 1. The fourth-order valence-corrected chi connectivity index (χ4v) is 2.12. The Hall–Kier alpha value is -0.530. The predicted molar refractivity (Wildman–Crippen MR) is 73.0 cm³/mol. The lowest BCUT2D eigenvalue weighted by atomic mass is 9.93. The second kappa shape index (κ2) is 10.6. The maximum absolute atomic E-state index is 11.0. The van der Waals surface area contributed by atoms with Crippen LogP contribution in [0.15, 0.2) is 0 Å². The zero-order valence-corrected chi connectivity index (χ0v) is 12.1. The molecule has 0 rings (SSSR count). The van der Waals surface area contributed by atoms with Gasteiger partial charge >= 0.3 is 5.97 Å². The monoisotopic (exact) mass is 242 g/mol. The molecular formula is C15H30O2. The summed E-state index contributed by atoms with van der Waals surface area (Å²) in [6, 6.07) is 0. The molecule has 2 unspecified atom stereocenters. The number of hydrogen-bond donors (Lipinski definition) is 0. The summed E-state index contributed by atoms with van der Waals surface area (Å²) in [7, 11) is 1.46. The van der Waals surface area contributed by atoms with Crippen LogP contribution in [-0.4, -0.2) is 13.1 Å². The third kappa shape index (κ3) is 10.3. The molecule has 2 nitrogen and oxygen atoms in total. The molecule has 0 heterocycles. The summed E-state index contributed by atoms with van der Waals surface area (Å²) >= 11 is 0. The van der Waals surface area contributed by atoms with E-state index in [1.807, 2.05) is 0 Å². The van der Waals surface area contributed by atoms with Gasteiger partial charge in [-0.25, -0.2) is 0 Å². The molecule has 0 aromatic rings. The first-order valence-corrected chi connectivity index (χ1v) is 7.16. The van der Waals surface area contributed by atoms with Gasteiger partial charge in [0.1, 0.15) is 0 Å². The standard InChI is InChI=1S/C15H30O2/c1-5-6-8-13(2)9-7-10-14(3)11-12-15(16)17-4/h13-14H,5-12H2,1-4H3. The van der Waals surface area contributed by atoms with E-state index >= 15 is 0 Å². The molecule has 0 aromatic heterocycles. The van der Waals surface area contributed by atoms with Crippen molar-refractivity contribution in [2.45, 2.75) is 72.1 Å². The van der Waals surface area contributed by atoms with Gasteiger partial charge in [-0.2, -0.15) is 0 Å². The van der Waals surface area contributed by atoms with Crippen molar-refractivity contribution >= 4 is 5.97 Å². The van der Waals surface area contributed by atoms with Gasteiger partial charge in [-0.05, 0) is 18.3 Å². The van der Waals surface area contributed by atoms with E-state index in [9.17, 15) is 4.79 Å². The molecule has 0 radical (unpaired) electrons. The quantitative estimate of drug-likeness (QED) is 0.524. The molecule has 0 fully saturated rings. The van der Waals surface area contributed by atoms with Crippen molar-refractivity contribution in [1.29, 1.82) is 0 Å². The average Bonchev–Trinajstić information content (AvgIpc) is 2.33. The van der Waals surface area contributed by atoms with Crippen molar-refractivity contribution in [2.75, 3.05) is 7.11 Å². The fourth-order valence-electron chi connectivity index (χ4n) is 2.12. The highest BCUT2D eigenvalue weighted by molar-refractivity contribution is 5.69. The Bertz CT molecular complexity index is 189. The Morgan fingerprint density at radius 2 is 1.53 bits per heavy atom. The largest absolute Gasteiger partial charge is 0.469 e. The van der Waals surface area contributed by atoms with Crippen molar-refractivity contribution in [3.63, 3.8) is 0 Å². The van der Waals surface area contributed by atoms with Crippen LogP contribution < -0.4 is 0 Å². The van der Waals surface area contributed by atoms with Gasteiger partial charge in [-0.3, -0.25) is 4.79 Å². The molecule has 0 bridgehead atoms. The van der Waals surface area contributed by atoms with Crippen LogP contribution in [0, 0.1) is 11.8 Å². The minimum atomic E-state index is -0.0758. The van der Waals surface area contributed by atoms with Crippen LogP contribution in [-0.2, 0) is 9.53 Å². The number of methoxy groups -OCH3 is 1. The number of carbonyl (C=O) groups excluding carboxylic acids is 1. The van der Waals surface area contributed by atoms with Gasteiger partial charge in [-0.15, -0.1) is 0 Å². The number of rotatable bonds is 10. The minimum absolute atomic E-state index is 0.0758. The first kappa shape index (κ1) is 16.5. The van der Waals surface area contributed by atoms with Gasteiger partial charge in [0.05, 0.1) is 7.11 Å². The van der Waals surface area contributed by atoms with Crippen molar-refractivity contribution < 1.29 is 9.53 Å². The molecule has 0 aliphatic heterocycles. The van der Waals surface area contributed by atoms with Crippen molar-refractivity contribution in [1.82, 2.24) is 0 Å². The van der Waals surface area contributed by atoms with Crippen LogP contribution in [0.2, 0.25) is 0 Å². The Balaban J connectivity index is 3.43. The average molecular weight is 242 g/mol. The second-order valence-electron chi connectivity index (χ2n) is 5.40. The van der Waals surface area contributed by atoms with E-state index in [0.29, 0.717) is 12.3 Å². The number of carbonyl (C=O) groups is 1. The van der Waals surface area contributed by atoms with E-state index in [-0.39, 0.29) is 5.97 Å². The van der Waals surface area contributed by atoms with Crippen LogP contribution in [0.5, 0.6) is 0 Å². The molecular weight excluding hydrogens is 212 g/mol. The molecule has 2 atom stereocenters. The van der Waals surface area contributed by atoms with Crippen LogP contribution in [0.25, 0.3) is 0 Å². The van der Waals surface area contributed by atoms with Gasteiger partial charge in [-0.1, -0.05) is 59.3 Å². The predicted octanol–water partition coefficient (Wildman–Crippen LogP) is 4.57. The topological polar surface area (TPSA) is 26.3 Å². The van der Waals surface area contributed by atoms with Gasteiger partial charge < -0.3 is 4.74 Å². The maximum Gasteiger partial charge on any atom is 0.305 e. The first-order valence-electron chi connectivity index (χ1n) is 7.16. The summed E-state index contributed by atoms with van der Waals surface area (Å²) < 4.78 is 4.65. The number of hydrogen-bond acceptors (Lipinski definition) is 2. The second-order valence-corrected chi connectivity index (χ2v) is 5.40. The first-order chi connectivity index (χ1) is 8.10. The van der Waals surface area contributed by atoms with E-state index in [0.717, 1.165) is 12.3 Å². The van der Waals surface area contributed by atoms with Crippen LogP contribution in [0.1, 0.15) is 72.1 Å². The van der Waals surface area contributed by atoms with Gasteiger partial charge in [0.2, 0.25) is 0 Å². The summed E-state index contributed by atoms with van der Waals surface area (Å²) in [6.07, 6.45) is 9.45. The third-order valence-electron chi connectivity index (χ3n) is 3.51. The Labute approximate surface area is 107 Å². The van der Waals surface area contributed by atoms with Crippen LogP contribution in [0.3, 0.4) is 0 Å². The molecule has 0 saturated carbocycles. The summed E-state index contributed by atoms with van der Waals surface area (Å²) in [4.78, 5) is 11.0. The lowest BCUT2D eigenvalue weighted by Gasteiger charge is -2.13. The third-order valence-corrected chi connectivity index (χ3v) is 3.51. The van der Waals surface area contributed by atoms with E-state index in [1.165, 1.54) is 45.6 Å². The fraction of sp³-hybridized carbons (Fsp3) is 0.933. The number of esters is 1. The smallest absolute Gasteiger partial charge is 0.305 e. The molecule has 102 valence electrons. The van der Waals surface area contributed by atoms with E-state index in [1.54, 1.807) is 0 Å². The zero-order chi connectivity index (χ0) is 13.1. The number of unbranched alkanes of at least 4 members (excludes halogenated alkanes) is 1. The molecule has 0 amide bonds. The van der Waals surface area contributed by atoms with E-state index in [2.05, 4.69) is 25.5 Å². The summed E-state index contributed by atoms with van der Waals surface area (Å²) in [5.74, 6) is 1.43. The van der Waals surface area contributed by atoms with Gasteiger partial charge in [0.15, 0.2) is 0 Å². The minimum Gasteiger partial charge on any atom is -0.469 e. The van der Waals surface area contributed by atoms with Gasteiger partial charge in [0.25, 0.3) is 0 Å². The summed E-state index contributed by atoms with van der Waals surface area (Å²) in [5.41, 5.74) is 0. The Morgan fingerprint density at radius 3 is 2.06 bits per heavy atom. The highest BCUT2D eigenvalue weighted by atomic mass is 16.5. The van der Waals surface area contributed by atoms with Crippen molar-refractivity contribution in [3.8, 4) is 0 Å². The van der Waals surface area contributed by atoms with Crippen LogP contribution in [0.4, 0.5) is 0 Å². The van der Waals surface area contributed by atoms with Crippen LogP contribution >= 0.6 is 0 Å². The highest BCUT2D eigenvalue weighted by Crippen LogP contribution is 2.19. The zero-order valence-electron chi connectivity index (χ0n) is 12.1. The van der Waals surface area contributed by atoms with Crippen molar-refractivity contribution in [2.24, 2.45) is 11.8 Å². The molecule has 0 N–H and O–H groups in total. The normalized spacial score (nSPS) is 14.4. The molecule has 0 aliphatic rings. The van der Waals surface area contributed by atoms with Crippen molar-refractivity contribution in [3.05, 3.63) is 0 Å². The lowest BCUT2D eigenvalue weighted by molar-refractivity contribution is -0.140. The highest BCUT2D eigenvalue weighted by Gasteiger charge is 2.08. The summed E-state index contributed by atoms with van der Waals surface area (Å²) in [6.45, 7) is 6.84. The SMILES string of the molecule is CCCCC(C)CCCC(C)CCC(=O)OC. The molecule has 2 heteroatoms.